The lowest BCUT2D eigenvalue weighted by Crippen LogP contribution is -2.39. The molecule has 34 heavy (non-hydrogen) atoms. The van der Waals surface area contributed by atoms with Gasteiger partial charge in [-0.25, -0.2) is 21.2 Å². The monoisotopic (exact) mass is 453 g/mol. The molecule has 1 fully saturated rings. The highest BCUT2D eigenvalue weighted by Crippen LogP contribution is 2.32. The molecule has 2 aromatic carbocycles. The number of carbonyl (C=O) groups excluding carboxylic acids is 1. The molecule has 0 saturated carbocycles. The molecule has 0 aliphatic carbocycles. The highest BCUT2D eigenvalue weighted by atomic mass is 16.5. The van der Waals surface area contributed by atoms with E-state index in [9.17, 15) is 4.79 Å². The van der Waals surface area contributed by atoms with E-state index in [1.165, 1.54) is 6.33 Å². The van der Waals surface area contributed by atoms with Gasteiger partial charge in [0.15, 0.2) is 5.65 Å². The number of carbonyl (C=O) groups is 1. The van der Waals surface area contributed by atoms with Crippen LogP contribution >= 0.6 is 0 Å². The fraction of sp³-hybridized carbons (Fsp3) is 0.240. The van der Waals surface area contributed by atoms with E-state index in [1.807, 2.05) is 54.6 Å². The van der Waals surface area contributed by atoms with Crippen LogP contribution in [0.4, 0.5) is 5.82 Å². The van der Waals surface area contributed by atoms with E-state index in [0.29, 0.717) is 41.4 Å². The summed E-state index contributed by atoms with van der Waals surface area (Å²) in [6.07, 6.45) is 3.18. The number of hydrogen-bond acceptors (Lipinski definition) is 6. The molecule has 0 unspecified atom stereocenters. The molecule has 3 heterocycles. The van der Waals surface area contributed by atoms with Crippen LogP contribution in [-0.4, -0.2) is 49.7 Å². The highest BCUT2D eigenvalue weighted by Gasteiger charge is 2.31. The molecule has 1 saturated heterocycles. The van der Waals surface area contributed by atoms with Gasteiger partial charge in [0.25, 0.3) is 6.54 Å². The number of nitrogen functional groups attached to an aromatic ring is 1. The zero-order valence-corrected chi connectivity index (χ0v) is 18.5. The molecule has 1 aliphatic heterocycles. The van der Waals surface area contributed by atoms with Crippen molar-refractivity contribution >= 4 is 22.8 Å². The molecule has 0 spiro atoms. The van der Waals surface area contributed by atoms with E-state index in [2.05, 4.69) is 14.8 Å². The van der Waals surface area contributed by atoms with Crippen LogP contribution in [0.1, 0.15) is 12.8 Å². The van der Waals surface area contributed by atoms with Crippen molar-refractivity contribution in [2.45, 2.75) is 25.4 Å². The smallest absolute Gasteiger partial charge is 0.303 e. The first-order valence-electron chi connectivity index (χ1n) is 11.1. The molecule has 0 bridgehead atoms. The number of nitrogens with zero attached hydrogens (tertiary/aromatic N) is 6. The third kappa shape index (κ3) is 4.13. The molecule has 1 aliphatic rings. The number of aromatic nitrogens is 4. The number of nitrogens with two attached hydrogens (primary N) is 1. The fourth-order valence-electron chi connectivity index (χ4n) is 4.38. The summed E-state index contributed by atoms with van der Waals surface area (Å²) >= 11 is 0. The lowest BCUT2D eigenvalue weighted by atomic mass is 10.1. The lowest BCUT2D eigenvalue weighted by molar-refractivity contribution is -0.130. The molecule has 2 aromatic heterocycles. The molecular weight excluding hydrogens is 430 g/mol. The Morgan fingerprint density at radius 1 is 1.12 bits per heavy atom. The average molecular weight is 454 g/mol. The molecule has 9 heteroatoms. The number of likely N-dealkylation sites (tertiary alicyclic amines) is 1. The largest absolute Gasteiger partial charge is 0.457 e. The van der Waals surface area contributed by atoms with Gasteiger partial charge >= 0.3 is 5.91 Å². The van der Waals surface area contributed by atoms with E-state index in [-0.39, 0.29) is 18.5 Å². The van der Waals surface area contributed by atoms with Gasteiger partial charge in [0.1, 0.15) is 29.3 Å². The number of ether oxygens (including phenoxy) is 1. The van der Waals surface area contributed by atoms with Gasteiger partial charge < -0.3 is 20.2 Å². The van der Waals surface area contributed by atoms with E-state index >= 15 is 0 Å². The Morgan fingerprint density at radius 3 is 2.65 bits per heavy atom. The Bertz CT molecular complexity index is 1360. The van der Waals surface area contributed by atoms with E-state index in [0.717, 1.165) is 24.2 Å². The summed E-state index contributed by atoms with van der Waals surface area (Å²) in [6.45, 7) is 8.02. The minimum atomic E-state index is -0.141. The quantitative estimate of drug-likeness (QED) is 0.446. The van der Waals surface area contributed by atoms with Crippen LogP contribution in [0.15, 0.2) is 60.9 Å². The summed E-state index contributed by atoms with van der Waals surface area (Å²) in [4.78, 5) is 26.0. The third-order valence-corrected chi connectivity index (χ3v) is 5.96. The molecule has 0 radical (unpaired) electrons. The first-order valence-corrected chi connectivity index (χ1v) is 11.1. The van der Waals surface area contributed by atoms with Crippen molar-refractivity contribution < 1.29 is 9.53 Å². The predicted octanol–water partition coefficient (Wildman–Crippen LogP) is 3.78. The molecule has 2 N–H and O–H groups in total. The Kier molecular flexibility index (Phi) is 5.79. The zero-order chi connectivity index (χ0) is 23.5. The first kappa shape index (κ1) is 21.4. The lowest BCUT2D eigenvalue weighted by Gasteiger charge is -2.22. The summed E-state index contributed by atoms with van der Waals surface area (Å²) in [5.74, 6) is 1.68. The van der Waals surface area contributed by atoms with E-state index in [1.54, 1.807) is 9.58 Å². The summed E-state index contributed by atoms with van der Waals surface area (Å²) in [6, 6.07) is 17.2. The normalized spacial score (nSPS) is 15.4. The molecule has 1 amide bonds. The number of para-hydroxylation sites is 1. The number of fused-ring (bicyclic) bond motifs is 1. The number of anilines is 1. The van der Waals surface area contributed by atoms with Crippen molar-refractivity contribution in [3.8, 4) is 22.8 Å². The van der Waals surface area contributed by atoms with Crippen molar-refractivity contribution in [2.24, 2.45) is 0 Å². The number of hydrogen-bond donors (Lipinski definition) is 1. The highest BCUT2D eigenvalue weighted by molar-refractivity contribution is 5.98. The van der Waals surface area contributed by atoms with Crippen LogP contribution in [0.25, 0.3) is 27.1 Å². The third-order valence-electron chi connectivity index (χ3n) is 5.96. The summed E-state index contributed by atoms with van der Waals surface area (Å²) in [5.41, 5.74) is 8.39. The Labute approximate surface area is 196 Å². The van der Waals surface area contributed by atoms with Crippen molar-refractivity contribution in [1.82, 2.24) is 24.6 Å². The van der Waals surface area contributed by atoms with Crippen molar-refractivity contribution in [1.29, 1.82) is 0 Å². The number of rotatable bonds is 6. The van der Waals surface area contributed by atoms with Crippen LogP contribution < -0.4 is 10.5 Å². The minimum Gasteiger partial charge on any atom is -0.457 e. The second-order valence-electron chi connectivity index (χ2n) is 8.13. The second-order valence-corrected chi connectivity index (χ2v) is 8.13. The minimum absolute atomic E-state index is 0.0389. The number of amides is 1. The van der Waals surface area contributed by atoms with Crippen LogP contribution in [0.3, 0.4) is 0 Å². The maximum absolute atomic E-state index is 12.4. The molecule has 4 aromatic rings. The van der Waals surface area contributed by atoms with Crippen molar-refractivity contribution in [3.05, 3.63) is 72.3 Å². The van der Waals surface area contributed by atoms with Gasteiger partial charge in [-0.2, -0.15) is 5.10 Å². The Hall–Kier alpha value is -4.45. The fourth-order valence-corrected chi connectivity index (χ4v) is 4.38. The van der Waals surface area contributed by atoms with Gasteiger partial charge in [0.2, 0.25) is 0 Å². The zero-order valence-electron chi connectivity index (χ0n) is 18.5. The molecule has 1 atom stereocenters. The molecular formula is C25H23N7O2. The predicted molar refractivity (Wildman–Crippen MR) is 128 cm³/mol. The van der Waals surface area contributed by atoms with Crippen LogP contribution in [-0.2, 0) is 11.3 Å². The Balaban J connectivity index is 1.46. The molecule has 5 rings (SSSR count). The average Bonchev–Trinajstić information content (AvgIpc) is 3.47. The van der Waals surface area contributed by atoms with Gasteiger partial charge in [-0.05, 0) is 49.2 Å². The van der Waals surface area contributed by atoms with Crippen LogP contribution in [0.5, 0.6) is 11.5 Å². The SMILES string of the molecule is [C-]#[N+]CC(=O)N1CCC[C@@H]1Cn1nc(-c2ccc(Oc3ccccc3)cc2)c2c(N)ncnc21. The standard InChI is InChI=1S/C25H23N7O2/c1-27-14-21(33)31-13-5-6-18(31)15-32-25-22(24(26)28-16-29-25)23(30-32)17-9-11-20(12-10-17)34-19-7-3-2-4-8-19/h2-4,7-12,16,18H,5-6,13-15H2,(H2,26,28,29)/t18-/m1/s1. The van der Waals surface area contributed by atoms with Gasteiger partial charge in [0.05, 0.1) is 18.0 Å². The van der Waals surface area contributed by atoms with Gasteiger partial charge in [-0.3, -0.25) is 4.79 Å². The summed E-state index contributed by atoms with van der Waals surface area (Å²) in [7, 11) is 0. The summed E-state index contributed by atoms with van der Waals surface area (Å²) < 4.78 is 7.69. The van der Waals surface area contributed by atoms with Gasteiger partial charge in [-0.1, -0.05) is 18.2 Å². The van der Waals surface area contributed by atoms with E-state index < -0.39 is 0 Å². The second kappa shape index (κ2) is 9.19. The van der Waals surface area contributed by atoms with Gasteiger partial charge in [-0.15, -0.1) is 0 Å². The topological polar surface area (TPSA) is 104 Å². The maximum Gasteiger partial charge on any atom is 0.303 e. The van der Waals surface area contributed by atoms with Crippen molar-refractivity contribution in [2.75, 3.05) is 18.8 Å². The van der Waals surface area contributed by atoms with E-state index in [4.69, 9.17) is 22.1 Å². The van der Waals surface area contributed by atoms with Crippen LogP contribution in [0.2, 0.25) is 0 Å². The van der Waals surface area contributed by atoms with Crippen molar-refractivity contribution in [3.63, 3.8) is 0 Å². The molecule has 170 valence electrons. The van der Waals surface area contributed by atoms with Crippen LogP contribution in [0, 0.1) is 6.57 Å². The molecule has 9 nitrogen and oxygen atoms in total. The number of benzene rings is 2. The maximum atomic E-state index is 12.4. The van der Waals surface area contributed by atoms with Gasteiger partial charge in [0, 0.05) is 12.1 Å². The first-order chi connectivity index (χ1) is 16.6. The Morgan fingerprint density at radius 2 is 1.88 bits per heavy atom. The summed E-state index contributed by atoms with van der Waals surface area (Å²) in [5, 5.41) is 5.51.